The third-order valence-electron chi connectivity index (χ3n) is 11.0. The lowest BCUT2D eigenvalue weighted by atomic mass is 9.96. The number of fused-ring (bicyclic) bond motifs is 9. The summed E-state index contributed by atoms with van der Waals surface area (Å²) in [5.41, 5.74) is 10.8. The average Bonchev–Trinajstić information content (AvgIpc) is 3.97. The Labute approximate surface area is 330 Å². The van der Waals surface area contributed by atoms with Gasteiger partial charge in [-0.1, -0.05) is 127 Å². The molecule has 0 saturated heterocycles. The Morgan fingerprint density at radius 1 is 0.333 bits per heavy atom. The summed E-state index contributed by atoms with van der Waals surface area (Å²) >= 11 is 1.78. The molecule has 12 aromatic rings. The van der Waals surface area contributed by atoms with Crippen LogP contribution in [0.5, 0.6) is 0 Å². The fraction of sp³-hybridized carbons (Fsp3) is 0. The Morgan fingerprint density at radius 2 is 0.877 bits per heavy atom. The quantitative estimate of drug-likeness (QED) is 0.175. The molecular formula is C51H29N3O2S. The molecule has 12 rings (SSSR count). The molecule has 0 spiro atoms. The minimum atomic E-state index is 0.627. The molecule has 0 atom stereocenters. The van der Waals surface area contributed by atoms with E-state index in [0.717, 1.165) is 82.8 Å². The second kappa shape index (κ2) is 12.6. The van der Waals surface area contributed by atoms with E-state index in [4.69, 9.17) is 23.8 Å². The van der Waals surface area contributed by atoms with Crippen molar-refractivity contribution in [2.45, 2.75) is 0 Å². The maximum atomic E-state index is 6.43. The first-order chi connectivity index (χ1) is 28.2. The molecule has 4 heterocycles. The lowest BCUT2D eigenvalue weighted by Crippen LogP contribution is -2.00. The highest BCUT2D eigenvalue weighted by atomic mass is 32.1. The number of rotatable bonds is 5. The largest absolute Gasteiger partial charge is 0.456 e. The molecule has 266 valence electrons. The maximum Gasteiger partial charge on any atom is 0.165 e. The second-order valence-corrected chi connectivity index (χ2v) is 15.4. The molecule has 0 aliphatic rings. The van der Waals surface area contributed by atoms with Crippen LogP contribution in [0.2, 0.25) is 0 Å². The van der Waals surface area contributed by atoms with Crippen molar-refractivity contribution in [3.05, 3.63) is 176 Å². The van der Waals surface area contributed by atoms with Gasteiger partial charge in [0, 0.05) is 58.4 Å². The number of thiophene rings is 1. The molecule has 0 amide bonds. The Morgan fingerprint density at radius 3 is 1.70 bits per heavy atom. The van der Waals surface area contributed by atoms with Crippen LogP contribution in [0, 0.1) is 0 Å². The standard InChI is InChI=1S/C51H29N3O2S/c1-2-10-31(11-3-1)49-52-50(54-51(53-49)39-16-8-15-38-37-13-5-7-19-46(37)57-48(38)39)32-22-20-30(21-23-32)35-14-9-18-45-47(35)41-29-34(25-27-44(41)56-45)33-24-26-43-40(28-33)36-12-4-6-17-42(36)55-43/h1-29H. The number of aromatic nitrogens is 3. The summed E-state index contributed by atoms with van der Waals surface area (Å²) in [5, 5.41) is 6.84. The van der Waals surface area contributed by atoms with E-state index >= 15 is 0 Å². The van der Waals surface area contributed by atoms with Gasteiger partial charge in [0.05, 0.1) is 0 Å². The normalized spacial score (nSPS) is 11.9. The smallest absolute Gasteiger partial charge is 0.165 e. The molecule has 0 unspecified atom stereocenters. The molecule has 8 aromatic carbocycles. The summed E-state index contributed by atoms with van der Waals surface area (Å²) in [6, 6.07) is 61.0. The van der Waals surface area contributed by atoms with Crippen molar-refractivity contribution < 1.29 is 8.83 Å². The fourth-order valence-corrected chi connectivity index (χ4v) is 9.43. The predicted octanol–water partition coefficient (Wildman–Crippen LogP) is 14.4. The Kier molecular flexibility index (Phi) is 7.03. The minimum absolute atomic E-state index is 0.627. The van der Waals surface area contributed by atoms with E-state index in [1.165, 1.54) is 20.2 Å². The summed E-state index contributed by atoms with van der Waals surface area (Å²) in [6.07, 6.45) is 0. The van der Waals surface area contributed by atoms with E-state index < -0.39 is 0 Å². The molecule has 57 heavy (non-hydrogen) atoms. The van der Waals surface area contributed by atoms with E-state index in [2.05, 4.69) is 127 Å². The summed E-state index contributed by atoms with van der Waals surface area (Å²) in [5.74, 6) is 1.93. The van der Waals surface area contributed by atoms with Gasteiger partial charge in [0.1, 0.15) is 22.3 Å². The molecule has 0 aliphatic heterocycles. The third-order valence-corrected chi connectivity index (χ3v) is 12.2. The van der Waals surface area contributed by atoms with Crippen molar-refractivity contribution in [1.29, 1.82) is 0 Å². The van der Waals surface area contributed by atoms with Gasteiger partial charge in [0.15, 0.2) is 17.5 Å². The third kappa shape index (κ3) is 5.19. The van der Waals surface area contributed by atoms with Crippen LogP contribution in [-0.4, -0.2) is 15.0 Å². The zero-order chi connectivity index (χ0) is 37.5. The Bertz CT molecular complexity index is 3530. The van der Waals surface area contributed by atoms with E-state index in [0.29, 0.717) is 17.5 Å². The van der Waals surface area contributed by atoms with Crippen molar-refractivity contribution >= 4 is 75.4 Å². The van der Waals surface area contributed by atoms with Crippen LogP contribution in [0.3, 0.4) is 0 Å². The summed E-state index contributed by atoms with van der Waals surface area (Å²) in [7, 11) is 0. The van der Waals surface area contributed by atoms with Crippen molar-refractivity contribution in [3.8, 4) is 56.4 Å². The lowest BCUT2D eigenvalue weighted by molar-refractivity contribution is 0.668. The predicted molar refractivity (Wildman–Crippen MR) is 234 cm³/mol. The van der Waals surface area contributed by atoms with Crippen molar-refractivity contribution in [1.82, 2.24) is 15.0 Å². The molecule has 0 fully saturated rings. The molecule has 0 aliphatic carbocycles. The van der Waals surface area contributed by atoms with Crippen LogP contribution < -0.4 is 0 Å². The van der Waals surface area contributed by atoms with Crippen LogP contribution in [0.4, 0.5) is 0 Å². The molecule has 0 bridgehead atoms. The highest BCUT2D eigenvalue weighted by Crippen LogP contribution is 2.42. The van der Waals surface area contributed by atoms with E-state index in [9.17, 15) is 0 Å². The van der Waals surface area contributed by atoms with E-state index in [-0.39, 0.29) is 0 Å². The highest BCUT2D eigenvalue weighted by molar-refractivity contribution is 7.26. The highest BCUT2D eigenvalue weighted by Gasteiger charge is 2.18. The number of para-hydroxylation sites is 1. The Hall–Kier alpha value is -7.41. The van der Waals surface area contributed by atoms with Crippen LogP contribution in [0.25, 0.3) is 120 Å². The first kappa shape index (κ1) is 31.9. The summed E-state index contributed by atoms with van der Waals surface area (Å²) < 4.78 is 15.0. The SMILES string of the molecule is c1ccc(-c2nc(-c3ccc(-c4cccc5oc6ccc(-c7ccc8oc9ccccc9c8c7)cc6c45)cc3)nc(-c3cccc4c3sc3ccccc34)n2)cc1. The molecule has 0 radical (unpaired) electrons. The fourth-order valence-electron chi connectivity index (χ4n) is 8.22. The van der Waals surface area contributed by atoms with E-state index in [1.807, 2.05) is 48.5 Å². The van der Waals surface area contributed by atoms with Gasteiger partial charge in [0.2, 0.25) is 0 Å². The van der Waals surface area contributed by atoms with Gasteiger partial charge in [-0.15, -0.1) is 11.3 Å². The second-order valence-electron chi connectivity index (χ2n) is 14.3. The van der Waals surface area contributed by atoms with Gasteiger partial charge < -0.3 is 8.83 Å². The van der Waals surface area contributed by atoms with Crippen molar-refractivity contribution in [2.75, 3.05) is 0 Å². The molecule has 4 aromatic heterocycles. The van der Waals surface area contributed by atoms with Gasteiger partial charge in [-0.3, -0.25) is 0 Å². The Balaban J connectivity index is 0.965. The van der Waals surface area contributed by atoms with Gasteiger partial charge in [-0.05, 0) is 70.8 Å². The summed E-state index contributed by atoms with van der Waals surface area (Å²) in [6.45, 7) is 0. The number of benzene rings is 8. The molecule has 5 nitrogen and oxygen atoms in total. The number of furan rings is 2. The van der Waals surface area contributed by atoms with Crippen molar-refractivity contribution in [3.63, 3.8) is 0 Å². The van der Waals surface area contributed by atoms with Gasteiger partial charge >= 0.3 is 0 Å². The first-order valence-electron chi connectivity index (χ1n) is 18.9. The van der Waals surface area contributed by atoms with Gasteiger partial charge in [0.25, 0.3) is 0 Å². The van der Waals surface area contributed by atoms with Crippen molar-refractivity contribution in [2.24, 2.45) is 0 Å². The number of hydrogen-bond acceptors (Lipinski definition) is 6. The molecular weight excluding hydrogens is 719 g/mol. The molecule has 0 N–H and O–H groups in total. The van der Waals surface area contributed by atoms with Gasteiger partial charge in [-0.2, -0.15) is 0 Å². The van der Waals surface area contributed by atoms with Crippen LogP contribution >= 0.6 is 11.3 Å². The number of nitrogens with zero attached hydrogens (tertiary/aromatic N) is 3. The summed E-state index contributed by atoms with van der Waals surface area (Å²) in [4.78, 5) is 15.2. The zero-order valence-corrected chi connectivity index (χ0v) is 31.1. The minimum Gasteiger partial charge on any atom is -0.456 e. The van der Waals surface area contributed by atoms with Crippen LogP contribution in [0.15, 0.2) is 185 Å². The average molecular weight is 748 g/mol. The van der Waals surface area contributed by atoms with Crippen LogP contribution in [0.1, 0.15) is 0 Å². The molecule has 0 saturated carbocycles. The zero-order valence-electron chi connectivity index (χ0n) is 30.3. The lowest BCUT2D eigenvalue weighted by Gasteiger charge is -2.10. The van der Waals surface area contributed by atoms with Gasteiger partial charge in [-0.25, -0.2) is 15.0 Å². The monoisotopic (exact) mass is 747 g/mol. The molecule has 6 heteroatoms. The topological polar surface area (TPSA) is 65.0 Å². The van der Waals surface area contributed by atoms with Crippen LogP contribution in [-0.2, 0) is 0 Å². The number of hydrogen-bond donors (Lipinski definition) is 0. The van der Waals surface area contributed by atoms with E-state index in [1.54, 1.807) is 11.3 Å². The maximum absolute atomic E-state index is 6.43. The first-order valence-corrected chi connectivity index (χ1v) is 19.7.